The molecule has 1 unspecified atom stereocenters. The first-order valence-corrected chi connectivity index (χ1v) is 8.55. The molecule has 0 spiro atoms. The molecular formula is C20H24N2O5. The van der Waals surface area contributed by atoms with E-state index in [4.69, 9.17) is 14.6 Å². The van der Waals surface area contributed by atoms with Crippen LogP contribution in [0.15, 0.2) is 48.5 Å². The number of carboxylic acid groups (broad SMARTS) is 1. The second-order valence-electron chi connectivity index (χ2n) is 5.90. The molecular weight excluding hydrogens is 348 g/mol. The maximum Gasteiger partial charge on any atom is 0.315 e. The van der Waals surface area contributed by atoms with E-state index < -0.39 is 12.0 Å². The zero-order valence-electron chi connectivity index (χ0n) is 15.4. The lowest BCUT2D eigenvalue weighted by molar-refractivity contribution is -0.136. The van der Waals surface area contributed by atoms with Crippen LogP contribution in [0.1, 0.15) is 23.6 Å². The summed E-state index contributed by atoms with van der Waals surface area (Å²) in [6.45, 7) is 0.0685. The van der Waals surface area contributed by atoms with Crippen molar-refractivity contribution in [2.75, 3.05) is 20.8 Å². The summed E-state index contributed by atoms with van der Waals surface area (Å²) in [5.41, 5.74) is 1.91. The summed E-state index contributed by atoms with van der Waals surface area (Å²) >= 11 is 0. The molecule has 1 atom stereocenters. The lowest BCUT2D eigenvalue weighted by atomic mass is 9.98. The number of carbonyl (C=O) groups excluding carboxylic acids is 1. The van der Waals surface area contributed by atoms with Crippen LogP contribution in [0, 0.1) is 0 Å². The fourth-order valence-electron chi connectivity index (χ4n) is 2.67. The molecule has 2 aromatic carbocycles. The number of methoxy groups -OCH3 is 2. The molecule has 0 aliphatic rings. The molecule has 27 heavy (non-hydrogen) atoms. The Hall–Kier alpha value is -3.22. The molecule has 0 saturated heterocycles. The first-order chi connectivity index (χ1) is 13.0. The molecule has 144 valence electrons. The average Bonchev–Trinajstić information content (AvgIpc) is 2.67. The van der Waals surface area contributed by atoms with Gasteiger partial charge in [0.05, 0.1) is 26.7 Å². The fraction of sp³-hybridized carbons (Fsp3) is 0.300. The van der Waals surface area contributed by atoms with Crippen LogP contribution < -0.4 is 20.1 Å². The van der Waals surface area contributed by atoms with E-state index in [0.717, 1.165) is 11.1 Å². The van der Waals surface area contributed by atoms with E-state index in [-0.39, 0.29) is 19.0 Å². The van der Waals surface area contributed by atoms with Gasteiger partial charge in [-0.1, -0.05) is 36.4 Å². The third kappa shape index (κ3) is 6.22. The van der Waals surface area contributed by atoms with E-state index in [1.807, 2.05) is 48.5 Å². The van der Waals surface area contributed by atoms with Crippen molar-refractivity contribution in [2.45, 2.75) is 18.9 Å². The molecule has 3 N–H and O–H groups in total. The Balaban J connectivity index is 2.13. The van der Waals surface area contributed by atoms with Crippen LogP contribution in [0.4, 0.5) is 4.79 Å². The Morgan fingerprint density at radius 1 is 1.04 bits per heavy atom. The maximum atomic E-state index is 12.2. The van der Waals surface area contributed by atoms with Gasteiger partial charge in [-0.3, -0.25) is 4.79 Å². The summed E-state index contributed by atoms with van der Waals surface area (Å²) in [4.78, 5) is 22.7. The minimum absolute atomic E-state index is 0.0685. The molecule has 0 radical (unpaired) electrons. The number of carbonyl (C=O) groups is 2. The Bertz CT molecular complexity index is 764. The third-order valence-corrected chi connectivity index (χ3v) is 4.02. The van der Waals surface area contributed by atoms with Gasteiger partial charge in [-0.2, -0.15) is 0 Å². The molecule has 2 amide bonds. The summed E-state index contributed by atoms with van der Waals surface area (Å²) < 4.78 is 10.6. The minimum atomic E-state index is -0.958. The zero-order valence-corrected chi connectivity index (χ0v) is 15.4. The van der Waals surface area contributed by atoms with Crippen LogP contribution in [0.3, 0.4) is 0 Å². The van der Waals surface area contributed by atoms with Crippen LogP contribution in [-0.4, -0.2) is 37.9 Å². The number of hydrogen-bond donors (Lipinski definition) is 3. The van der Waals surface area contributed by atoms with Gasteiger partial charge in [-0.15, -0.1) is 0 Å². The number of aliphatic carboxylic acids is 1. The smallest absolute Gasteiger partial charge is 0.315 e. The molecule has 0 aliphatic carbocycles. The van der Waals surface area contributed by atoms with Crippen LogP contribution in [-0.2, 0) is 11.2 Å². The van der Waals surface area contributed by atoms with Crippen molar-refractivity contribution >= 4 is 12.0 Å². The number of benzene rings is 2. The van der Waals surface area contributed by atoms with E-state index in [1.165, 1.54) is 0 Å². The predicted octanol–water partition coefficient (Wildman–Crippen LogP) is 2.76. The summed E-state index contributed by atoms with van der Waals surface area (Å²) in [6, 6.07) is 14.5. The van der Waals surface area contributed by atoms with Crippen molar-refractivity contribution in [1.82, 2.24) is 10.6 Å². The van der Waals surface area contributed by atoms with Gasteiger partial charge in [0, 0.05) is 6.54 Å². The normalized spacial score (nSPS) is 11.3. The number of ether oxygens (including phenoxy) is 2. The van der Waals surface area contributed by atoms with Crippen molar-refractivity contribution < 1.29 is 24.2 Å². The van der Waals surface area contributed by atoms with E-state index in [2.05, 4.69) is 10.6 Å². The van der Waals surface area contributed by atoms with E-state index in [0.29, 0.717) is 17.9 Å². The highest BCUT2D eigenvalue weighted by Crippen LogP contribution is 2.29. The van der Waals surface area contributed by atoms with E-state index in [9.17, 15) is 9.59 Å². The molecule has 7 heteroatoms. The summed E-state index contributed by atoms with van der Waals surface area (Å²) in [5.74, 6) is 0.296. The van der Waals surface area contributed by atoms with Crippen molar-refractivity contribution in [1.29, 1.82) is 0 Å². The largest absolute Gasteiger partial charge is 0.493 e. The highest BCUT2D eigenvalue weighted by atomic mass is 16.5. The van der Waals surface area contributed by atoms with Gasteiger partial charge in [0.1, 0.15) is 0 Å². The Kier molecular flexibility index (Phi) is 7.49. The molecule has 0 heterocycles. The molecule has 0 fully saturated rings. The van der Waals surface area contributed by atoms with Gasteiger partial charge in [0.2, 0.25) is 0 Å². The molecule has 0 aliphatic heterocycles. The topological polar surface area (TPSA) is 96.9 Å². The maximum absolute atomic E-state index is 12.2. The molecule has 7 nitrogen and oxygen atoms in total. The summed E-state index contributed by atoms with van der Waals surface area (Å²) in [6.07, 6.45) is 0.413. The van der Waals surface area contributed by atoms with Crippen LogP contribution in [0.25, 0.3) is 0 Å². The van der Waals surface area contributed by atoms with Crippen molar-refractivity contribution in [2.24, 2.45) is 0 Å². The first-order valence-electron chi connectivity index (χ1n) is 8.55. The van der Waals surface area contributed by atoms with Gasteiger partial charge >= 0.3 is 12.0 Å². The second-order valence-corrected chi connectivity index (χ2v) is 5.90. The van der Waals surface area contributed by atoms with Crippen LogP contribution >= 0.6 is 0 Å². The number of carboxylic acids is 1. The predicted molar refractivity (Wildman–Crippen MR) is 101 cm³/mol. The molecule has 0 aromatic heterocycles. The third-order valence-electron chi connectivity index (χ3n) is 4.02. The first kappa shape index (κ1) is 20.1. The highest BCUT2D eigenvalue weighted by molar-refractivity contribution is 5.75. The SMILES string of the molecule is COc1ccc(CC(NC(=O)NCCC(=O)O)c2ccccc2)cc1OC. The molecule has 0 saturated carbocycles. The number of hydrogen-bond acceptors (Lipinski definition) is 4. The fourth-order valence-corrected chi connectivity index (χ4v) is 2.67. The van der Waals surface area contributed by atoms with Gasteiger partial charge in [-0.25, -0.2) is 4.79 Å². The molecule has 0 bridgehead atoms. The van der Waals surface area contributed by atoms with E-state index in [1.54, 1.807) is 14.2 Å². The summed E-state index contributed by atoms with van der Waals surface area (Å²) in [7, 11) is 3.15. The molecule has 2 aromatic rings. The quantitative estimate of drug-likeness (QED) is 0.629. The number of rotatable bonds is 9. The van der Waals surface area contributed by atoms with Gasteiger partial charge < -0.3 is 25.2 Å². The van der Waals surface area contributed by atoms with Gasteiger partial charge in [0.25, 0.3) is 0 Å². The monoisotopic (exact) mass is 372 g/mol. The Morgan fingerprint density at radius 3 is 2.37 bits per heavy atom. The van der Waals surface area contributed by atoms with Crippen molar-refractivity contribution in [3.05, 3.63) is 59.7 Å². The number of urea groups is 1. The van der Waals surface area contributed by atoms with Gasteiger partial charge in [0.15, 0.2) is 11.5 Å². The molecule has 2 rings (SSSR count). The lowest BCUT2D eigenvalue weighted by Gasteiger charge is -2.20. The van der Waals surface area contributed by atoms with Crippen LogP contribution in [0.5, 0.6) is 11.5 Å². The number of nitrogens with one attached hydrogen (secondary N) is 2. The standard InChI is InChI=1S/C20H24N2O5/c1-26-17-9-8-14(13-18(17)27-2)12-16(15-6-4-3-5-7-15)22-20(25)21-11-10-19(23)24/h3-9,13,16H,10-12H2,1-2H3,(H,23,24)(H2,21,22,25). The van der Waals surface area contributed by atoms with Gasteiger partial charge in [-0.05, 0) is 29.7 Å². The minimum Gasteiger partial charge on any atom is -0.493 e. The second kappa shape index (κ2) is 10.1. The highest BCUT2D eigenvalue weighted by Gasteiger charge is 2.16. The average molecular weight is 372 g/mol. The lowest BCUT2D eigenvalue weighted by Crippen LogP contribution is -2.39. The van der Waals surface area contributed by atoms with Crippen molar-refractivity contribution in [3.63, 3.8) is 0 Å². The zero-order chi connectivity index (χ0) is 19.6. The summed E-state index contributed by atoms with van der Waals surface area (Å²) in [5, 5.41) is 14.2. The van der Waals surface area contributed by atoms with Crippen molar-refractivity contribution in [3.8, 4) is 11.5 Å². The number of amides is 2. The Morgan fingerprint density at radius 2 is 1.74 bits per heavy atom. The van der Waals surface area contributed by atoms with E-state index >= 15 is 0 Å². The van der Waals surface area contributed by atoms with Crippen LogP contribution in [0.2, 0.25) is 0 Å². The Labute approximate surface area is 158 Å².